The van der Waals surface area contributed by atoms with Crippen LogP contribution in [0.1, 0.15) is 13.3 Å². The molecular formula is C18H21FN4O2. The lowest BCUT2D eigenvalue weighted by Gasteiger charge is -2.34. The number of nitrogens with zero attached hydrogens (tertiary/aromatic N) is 3. The van der Waals surface area contributed by atoms with Crippen LogP contribution in [-0.4, -0.2) is 38.4 Å². The van der Waals surface area contributed by atoms with Crippen molar-refractivity contribution in [1.82, 2.24) is 0 Å². The van der Waals surface area contributed by atoms with E-state index in [-0.39, 0.29) is 24.4 Å². The number of ether oxygens (including phenoxy) is 1. The number of anilines is 2. The van der Waals surface area contributed by atoms with Crippen LogP contribution in [0.25, 0.3) is 0 Å². The number of halogens is 1. The van der Waals surface area contributed by atoms with Crippen LogP contribution in [0.5, 0.6) is 0 Å². The molecule has 1 amide bonds. The van der Waals surface area contributed by atoms with E-state index in [1.807, 2.05) is 11.8 Å². The predicted octanol–water partition coefficient (Wildman–Crippen LogP) is 2.41. The number of carbonyl (C=O) groups is 1. The van der Waals surface area contributed by atoms with E-state index in [0.29, 0.717) is 31.0 Å². The summed E-state index contributed by atoms with van der Waals surface area (Å²) < 4.78 is 19.8. The van der Waals surface area contributed by atoms with Crippen molar-refractivity contribution in [3.8, 4) is 6.07 Å². The fraction of sp³-hybridized carbons (Fsp3) is 0.444. The Labute approximate surface area is 146 Å². The molecule has 0 saturated carbocycles. The first kappa shape index (κ1) is 17.2. The number of nitriles is 1. The minimum atomic E-state index is -0.500. The Bertz CT molecular complexity index is 743. The molecular weight excluding hydrogens is 323 g/mol. The quantitative estimate of drug-likeness (QED) is 0.852. The highest BCUT2D eigenvalue weighted by atomic mass is 19.1. The second kappa shape index (κ2) is 7.11. The molecule has 2 N–H and O–H groups in total. The lowest BCUT2D eigenvalue weighted by Crippen LogP contribution is -2.36. The molecule has 7 heteroatoms. The van der Waals surface area contributed by atoms with E-state index in [1.54, 1.807) is 18.2 Å². The number of rotatable bonds is 3. The second-order valence-corrected chi connectivity index (χ2v) is 6.43. The third kappa shape index (κ3) is 3.44. The van der Waals surface area contributed by atoms with Crippen molar-refractivity contribution in [3.63, 3.8) is 0 Å². The Morgan fingerprint density at radius 3 is 2.88 bits per heavy atom. The normalized spacial score (nSPS) is 25.2. The summed E-state index contributed by atoms with van der Waals surface area (Å²) in [5.41, 5.74) is 7.60. The first-order chi connectivity index (χ1) is 12.0. The first-order valence-corrected chi connectivity index (χ1v) is 8.34. The lowest BCUT2D eigenvalue weighted by atomic mass is 9.92. The van der Waals surface area contributed by atoms with Crippen LogP contribution in [-0.2, 0) is 4.74 Å². The topological polar surface area (TPSA) is 82.6 Å². The summed E-state index contributed by atoms with van der Waals surface area (Å²) in [5.74, 6) is -0.173. The highest BCUT2D eigenvalue weighted by molar-refractivity contribution is 5.90. The van der Waals surface area contributed by atoms with Gasteiger partial charge in [0.2, 0.25) is 0 Å². The lowest BCUT2D eigenvalue weighted by molar-refractivity contribution is 0.145. The summed E-state index contributed by atoms with van der Waals surface area (Å²) in [6.07, 6.45) is 1.48. The van der Waals surface area contributed by atoms with Gasteiger partial charge in [0, 0.05) is 25.7 Å². The highest BCUT2D eigenvalue weighted by Gasteiger charge is 2.32. The highest BCUT2D eigenvalue weighted by Crippen LogP contribution is 2.31. The number of hydrogen-bond acceptors (Lipinski definition) is 5. The zero-order chi connectivity index (χ0) is 18.0. The van der Waals surface area contributed by atoms with Crippen molar-refractivity contribution >= 4 is 17.5 Å². The van der Waals surface area contributed by atoms with E-state index in [4.69, 9.17) is 15.7 Å². The summed E-state index contributed by atoms with van der Waals surface area (Å²) in [6, 6.07) is 6.85. The average molecular weight is 344 g/mol. The Morgan fingerprint density at radius 2 is 2.28 bits per heavy atom. The Hall–Kier alpha value is -2.59. The van der Waals surface area contributed by atoms with E-state index < -0.39 is 6.09 Å². The Morgan fingerprint density at radius 1 is 1.48 bits per heavy atom. The minimum absolute atomic E-state index is 0.200. The summed E-state index contributed by atoms with van der Waals surface area (Å²) >= 11 is 0. The van der Waals surface area contributed by atoms with Crippen molar-refractivity contribution in [2.45, 2.75) is 19.4 Å². The largest absolute Gasteiger partial charge is 0.443 e. The van der Waals surface area contributed by atoms with Gasteiger partial charge in [-0.1, -0.05) is 12.5 Å². The molecule has 0 spiro atoms. The fourth-order valence-electron chi connectivity index (χ4n) is 3.34. The van der Waals surface area contributed by atoms with E-state index >= 15 is 0 Å². The third-order valence-electron chi connectivity index (χ3n) is 4.77. The molecule has 2 saturated heterocycles. The summed E-state index contributed by atoms with van der Waals surface area (Å²) in [5, 5.41) is 8.81. The van der Waals surface area contributed by atoms with Gasteiger partial charge in [-0.05, 0) is 30.5 Å². The molecule has 2 unspecified atom stereocenters. The van der Waals surface area contributed by atoms with Crippen molar-refractivity contribution < 1.29 is 13.9 Å². The standard InChI is InChI=1S/C18H21FN4O2/c1-12-10-22(7-5-13(12)4-6-20)17-3-2-14(8-16(17)19)23-11-15(9-21)25-18(23)24/h2-4,8,12,15H,5,7,9-11,21H2,1H3/b13-4-. The van der Waals surface area contributed by atoms with Gasteiger partial charge in [0.25, 0.3) is 0 Å². The van der Waals surface area contributed by atoms with E-state index in [1.165, 1.54) is 11.0 Å². The predicted molar refractivity (Wildman–Crippen MR) is 92.8 cm³/mol. The zero-order valence-electron chi connectivity index (χ0n) is 14.1. The van der Waals surface area contributed by atoms with Crippen LogP contribution in [0.3, 0.4) is 0 Å². The van der Waals surface area contributed by atoms with Crippen molar-refractivity contribution in [2.75, 3.05) is 36.0 Å². The SMILES string of the molecule is CC1CN(c2ccc(N3CC(CN)OC3=O)cc2F)CC/C1=C/C#N. The molecule has 1 aromatic carbocycles. The molecule has 25 heavy (non-hydrogen) atoms. The van der Waals surface area contributed by atoms with Crippen LogP contribution in [0.4, 0.5) is 20.6 Å². The van der Waals surface area contributed by atoms with Crippen LogP contribution in [0.2, 0.25) is 0 Å². The summed E-state index contributed by atoms with van der Waals surface area (Å²) in [7, 11) is 0. The Kier molecular flexibility index (Phi) is 4.91. The smallest absolute Gasteiger partial charge is 0.414 e. The van der Waals surface area contributed by atoms with Gasteiger partial charge >= 0.3 is 6.09 Å². The zero-order valence-corrected chi connectivity index (χ0v) is 14.1. The number of nitrogens with two attached hydrogens (primary N) is 1. The minimum Gasteiger partial charge on any atom is -0.443 e. The summed E-state index contributed by atoms with van der Waals surface area (Å²) in [4.78, 5) is 15.2. The number of allylic oxidation sites excluding steroid dienone is 1. The van der Waals surface area contributed by atoms with E-state index in [2.05, 4.69) is 6.07 Å². The fourth-order valence-corrected chi connectivity index (χ4v) is 3.34. The number of piperidine rings is 1. The molecule has 0 bridgehead atoms. The summed E-state index contributed by atoms with van der Waals surface area (Å²) in [6.45, 7) is 3.93. The van der Waals surface area contributed by atoms with Crippen LogP contribution in [0.15, 0.2) is 29.8 Å². The second-order valence-electron chi connectivity index (χ2n) is 6.43. The van der Waals surface area contributed by atoms with Crippen LogP contribution in [0, 0.1) is 23.1 Å². The maximum absolute atomic E-state index is 14.7. The molecule has 2 atom stereocenters. The maximum atomic E-state index is 14.7. The van der Waals surface area contributed by atoms with Gasteiger partial charge in [0.05, 0.1) is 24.0 Å². The van der Waals surface area contributed by atoms with Crippen LogP contribution < -0.4 is 15.5 Å². The molecule has 1 aromatic rings. The van der Waals surface area contributed by atoms with Gasteiger partial charge in [-0.3, -0.25) is 4.90 Å². The molecule has 6 nitrogen and oxygen atoms in total. The molecule has 0 aliphatic carbocycles. The number of amides is 1. The molecule has 2 heterocycles. The number of benzene rings is 1. The first-order valence-electron chi connectivity index (χ1n) is 8.34. The van der Waals surface area contributed by atoms with Crippen molar-refractivity contribution in [2.24, 2.45) is 11.7 Å². The molecule has 3 rings (SSSR count). The van der Waals surface area contributed by atoms with Gasteiger partial charge in [-0.15, -0.1) is 0 Å². The van der Waals surface area contributed by atoms with Gasteiger partial charge in [0.15, 0.2) is 0 Å². The molecule has 2 aliphatic heterocycles. The number of cyclic esters (lactones) is 1. The van der Waals surface area contributed by atoms with Gasteiger partial charge in [-0.25, -0.2) is 9.18 Å². The van der Waals surface area contributed by atoms with E-state index in [9.17, 15) is 9.18 Å². The molecule has 0 aromatic heterocycles. The number of carbonyl (C=O) groups excluding carboxylic acids is 1. The Balaban J connectivity index is 1.76. The maximum Gasteiger partial charge on any atom is 0.414 e. The molecule has 132 valence electrons. The van der Waals surface area contributed by atoms with Crippen LogP contribution >= 0.6 is 0 Å². The molecule has 0 radical (unpaired) electrons. The molecule has 2 aliphatic rings. The van der Waals surface area contributed by atoms with Gasteiger partial charge in [0.1, 0.15) is 11.9 Å². The molecule has 2 fully saturated rings. The third-order valence-corrected chi connectivity index (χ3v) is 4.77. The van der Waals surface area contributed by atoms with Gasteiger partial charge in [-0.2, -0.15) is 5.26 Å². The number of hydrogen-bond donors (Lipinski definition) is 1. The van der Waals surface area contributed by atoms with Crippen molar-refractivity contribution in [3.05, 3.63) is 35.7 Å². The average Bonchev–Trinajstić information content (AvgIpc) is 2.98. The van der Waals surface area contributed by atoms with Gasteiger partial charge < -0.3 is 15.4 Å². The monoisotopic (exact) mass is 344 g/mol. The van der Waals surface area contributed by atoms with E-state index in [0.717, 1.165) is 12.0 Å². The van der Waals surface area contributed by atoms with Crippen molar-refractivity contribution in [1.29, 1.82) is 5.26 Å².